The molecule has 2 heteroatoms. The summed E-state index contributed by atoms with van der Waals surface area (Å²) in [6.45, 7) is 2.87. The highest BCUT2D eigenvalue weighted by Crippen LogP contribution is 2.33. The zero-order valence-corrected chi connectivity index (χ0v) is 16.7. The summed E-state index contributed by atoms with van der Waals surface area (Å²) in [7, 11) is 0. The van der Waals surface area contributed by atoms with E-state index in [9.17, 15) is 4.79 Å². The topological polar surface area (TPSA) is 22.0 Å². The maximum atomic E-state index is 13.8. The molecule has 0 saturated carbocycles. The summed E-state index contributed by atoms with van der Waals surface area (Å²) < 4.78 is 1.95. The lowest BCUT2D eigenvalue weighted by Gasteiger charge is -2.19. The van der Waals surface area contributed by atoms with Crippen molar-refractivity contribution in [3.63, 3.8) is 0 Å². The van der Waals surface area contributed by atoms with Gasteiger partial charge in [0.1, 0.15) is 0 Å². The minimum atomic E-state index is 0.0739. The van der Waals surface area contributed by atoms with Crippen LogP contribution < -0.4 is 5.56 Å². The van der Waals surface area contributed by atoms with Crippen molar-refractivity contribution in [1.82, 2.24) is 4.57 Å². The lowest BCUT2D eigenvalue weighted by molar-refractivity contribution is 0.620. The number of hydrogen-bond donors (Lipinski definition) is 0. The summed E-state index contributed by atoms with van der Waals surface area (Å²) in [6.07, 6.45) is 2.01. The van der Waals surface area contributed by atoms with Gasteiger partial charge < -0.3 is 4.57 Å². The van der Waals surface area contributed by atoms with Crippen molar-refractivity contribution in [2.75, 3.05) is 0 Å². The van der Waals surface area contributed by atoms with Gasteiger partial charge in [0.25, 0.3) is 5.56 Å². The van der Waals surface area contributed by atoms with Gasteiger partial charge in [-0.15, -0.1) is 0 Å². The van der Waals surface area contributed by atoms with E-state index in [4.69, 9.17) is 0 Å². The van der Waals surface area contributed by atoms with Gasteiger partial charge in [0.05, 0.1) is 11.3 Å². The summed E-state index contributed by atoms with van der Waals surface area (Å²) in [4.78, 5) is 13.8. The molecule has 0 aliphatic rings. The molecule has 0 spiro atoms. The van der Waals surface area contributed by atoms with Crippen LogP contribution in [0.2, 0.25) is 0 Å². The molecule has 0 fully saturated rings. The Balaban J connectivity index is 2.06. The van der Waals surface area contributed by atoms with Gasteiger partial charge in [-0.3, -0.25) is 4.79 Å². The van der Waals surface area contributed by atoms with Crippen LogP contribution in [0.25, 0.3) is 33.5 Å². The van der Waals surface area contributed by atoms with Crippen LogP contribution in [0, 0.1) is 0 Å². The third-order valence-electron chi connectivity index (χ3n) is 5.25. The van der Waals surface area contributed by atoms with Crippen molar-refractivity contribution in [3.05, 3.63) is 107 Å². The van der Waals surface area contributed by atoms with Crippen LogP contribution in [0.1, 0.15) is 19.8 Å². The Morgan fingerprint density at radius 3 is 1.76 bits per heavy atom. The fourth-order valence-electron chi connectivity index (χ4n) is 3.76. The van der Waals surface area contributed by atoms with Gasteiger partial charge in [0.15, 0.2) is 0 Å². The Hall–Kier alpha value is -3.39. The third kappa shape index (κ3) is 3.93. The van der Waals surface area contributed by atoms with E-state index in [2.05, 4.69) is 37.3 Å². The van der Waals surface area contributed by atoms with Crippen molar-refractivity contribution in [3.8, 4) is 33.5 Å². The molecular formula is C27H25NO. The van der Waals surface area contributed by atoms with Crippen LogP contribution in [0.5, 0.6) is 0 Å². The lowest BCUT2D eigenvalue weighted by atomic mass is 9.93. The Labute approximate surface area is 172 Å². The Kier molecular flexibility index (Phi) is 5.71. The number of pyridine rings is 1. The molecule has 144 valence electrons. The van der Waals surface area contributed by atoms with Gasteiger partial charge in [-0.1, -0.05) is 104 Å². The lowest BCUT2D eigenvalue weighted by Crippen LogP contribution is -2.24. The summed E-state index contributed by atoms with van der Waals surface area (Å²) >= 11 is 0. The first-order chi connectivity index (χ1) is 14.3. The Morgan fingerprint density at radius 2 is 1.21 bits per heavy atom. The quantitative estimate of drug-likeness (QED) is 0.368. The highest BCUT2D eigenvalue weighted by atomic mass is 16.1. The maximum Gasteiger partial charge on any atom is 0.259 e. The molecule has 4 rings (SSSR count). The molecule has 4 aromatic rings. The molecule has 0 saturated heterocycles. The van der Waals surface area contributed by atoms with E-state index in [-0.39, 0.29) is 5.56 Å². The van der Waals surface area contributed by atoms with Crippen molar-refractivity contribution >= 4 is 0 Å². The molecule has 3 aromatic carbocycles. The van der Waals surface area contributed by atoms with Crippen molar-refractivity contribution in [2.24, 2.45) is 0 Å². The average molecular weight is 380 g/mol. The minimum Gasteiger partial charge on any atom is -0.308 e. The van der Waals surface area contributed by atoms with E-state index in [1.165, 1.54) is 0 Å². The zero-order valence-electron chi connectivity index (χ0n) is 16.7. The maximum absolute atomic E-state index is 13.8. The van der Waals surface area contributed by atoms with E-state index in [0.717, 1.165) is 46.4 Å². The first kappa shape index (κ1) is 18.9. The van der Waals surface area contributed by atoms with E-state index in [0.29, 0.717) is 6.54 Å². The Morgan fingerprint density at radius 1 is 0.690 bits per heavy atom. The zero-order chi connectivity index (χ0) is 20.1. The molecule has 0 atom stereocenters. The number of aromatic nitrogens is 1. The molecule has 1 heterocycles. The monoisotopic (exact) mass is 379 g/mol. The van der Waals surface area contributed by atoms with Crippen LogP contribution in [0.15, 0.2) is 102 Å². The van der Waals surface area contributed by atoms with Crippen LogP contribution in [0.4, 0.5) is 0 Å². The average Bonchev–Trinajstić information content (AvgIpc) is 2.79. The standard InChI is InChI=1S/C27H25NO/c1-2-3-19-28-25(22-15-9-5-10-16-22)20-24(21-13-7-4-8-14-21)26(27(28)29)23-17-11-6-12-18-23/h4-18,20H,2-3,19H2,1H3. The molecule has 0 amide bonds. The number of nitrogens with zero attached hydrogens (tertiary/aromatic N) is 1. The molecular weight excluding hydrogens is 354 g/mol. The highest BCUT2D eigenvalue weighted by molar-refractivity contribution is 5.85. The molecule has 0 N–H and O–H groups in total. The smallest absolute Gasteiger partial charge is 0.259 e. The summed E-state index contributed by atoms with van der Waals surface area (Å²) in [5, 5.41) is 0. The van der Waals surface area contributed by atoms with Crippen molar-refractivity contribution < 1.29 is 0 Å². The van der Waals surface area contributed by atoms with Crippen LogP contribution in [-0.4, -0.2) is 4.57 Å². The minimum absolute atomic E-state index is 0.0739. The number of benzene rings is 3. The first-order valence-corrected chi connectivity index (χ1v) is 10.2. The van der Waals surface area contributed by atoms with Gasteiger partial charge in [-0.25, -0.2) is 0 Å². The van der Waals surface area contributed by atoms with Crippen molar-refractivity contribution in [2.45, 2.75) is 26.3 Å². The van der Waals surface area contributed by atoms with Crippen molar-refractivity contribution in [1.29, 1.82) is 0 Å². The normalized spacial score (nSPS) is 10.8. The second-order valence-corrected chi connectivity index (χ2v) is 7.23. The number of unbranched alkanes of at least 4 members (excludes halogenated alkanes) is 1. The fraction of sp³-hybridized carbons (Fsp3) is 0.148. The second kappa shape index (κ2) is 8.74. The van der Waals surface area contributed by atoms with Crippen LogP contribution in [-0.2, 0) is 6.54 Å². The molecule has 1 aromatic heterocycles. The molecule has 0 unspecified atom stereocenters. The molecule has 0 aliphatic carbocycles. The molecule has 2 nitrogen and oxygen atoms in total. The van der Waals surface area contributed by atoms with E-state index in [1.54, 1.807) is 0 Å². The predicted octanol–water partition coefficient (Wildman–Crippen LogP) is 6.65. The predicted molar refractivity (Wildman–Crippen MR) is 122 cm³/mol. The SMILES string of the molecule is CCCCn1c(-c2ccccc2)cc(-c2ccccc2)c(-c2ccccc2)c1=O. The molecule has 0 aliphatic heterocycles. The number of hydrogen-bond acceptors (Lipinski definition) is 1. The van der Waals surface area contributed by atoms with E-state index >= 15 is 0 Å². The Bertz CT molecular complexity index is 1130. The van der Waals surface area contributed by atoms with Gasteiger partial charge in [0.2, 0.25) is 0 Å². The fourth-order valence-corrected chi connectivity index (χ4v) is 3.76. The largest absolute Gasteiger partial charge is 0.308 e. The highest BCUT2D eigenvalue weighted by Gasteiger charge is 2.18. The number of rotatable bonds is 6. The molecule has 0 radical (unpaired) electrons. The van der Waals surface area contributed by atoms with Gasteiger partial charge in [-0.05, 0) is 34.7 Å². The molecule has 0 bridgehead atoms. The van der Waals surface area contributed by atoms with Gasteiger partial charge >= 0.3 is 0 Å². The van der Waals surface area contributed by atoms with Crippen LogP contribution >= 0.6 is 0 Å². The second-order valence-electron chi connectivity index (χ2n) is 7.23. The van der Waals surface area contributed by atoms with Gasteiger partial charge in [0, 0.05) is 6.54 Å². The summed E-state index contributed by atoms with van der Waals surface area (Å²) in [5.74, 6) is 0. The summed E-state index contributed by atoms with van der Waals surface area (Å²) in [6, 6.07) is 32.6. The van der Waals surface area contributed by atoms with E-state index in [1.807, 2.05) is 71.3 Å². The molecule has 29 heavy (non-hydrogen) atoms. The summed E-state index contributed by atoms with van der Waals surface area (Å²) in [5.41, 5.74) is 5.88. The van der Waals surface area contributed by atoms with Gasteiger partial charge in [-0.2, -0.15) is 0 Å². The first-order valence-electron chi connectivity index (χ1n) is 10.2. The third-order valence-corrected chi connectivity index (χ3v) is 5.25. The van der Waals surface area contributed by atoms with Crippen LogP contribution in [0.3, 0.4) is 0 Å². The van der Waals surface area contributed by atoms with E-state index < -0.39 is 0 Å².